The normalized spacial score (nSPS) is 21.8. The van der Waals surface area contributed by atoms with Crippen molar-refractivity contribution in [1.29, 1.82) is 0 Å². The molecule has 1 heterocycles. The molecule has 0 unspecified atom stereocenters. The molecular weight excluding hydrogens is 286 g/mol. The average molecular weight is 304 g/mol. The topological polar surface area (TPSA) is 46.6 Å². The maximum atomic E-state index is 11.5. The molecule has 1 atom stereocenters. The van der Waals surface area contributed by atoms with Gasteiger partial charge in [0.15, 0.2) is 9.84 Å². The Morgan fingerprint density at radius 1 is 1.47 bits per heavy atom. The third-order valence-electron chi connectivity index (χ3n) is 3.49. The van der Waals surface area contributed by atoms with E-state index in [0.717, 1.165) is 11.3 Å². The largest absolute Gasteiger partial charge is 0.496 e. The van der Waals surface area contributed by atoms with Gasteiger partial charge in [-0.1, -0.05) is 11.6 Å². The third-order valence-corrected chi connectivity index (χ3v) is 5.48. The number of halogens is 1. The molecule has 1 saturated heterocycles. The predicted octanol–water partition coefficient (Wildman–Crippen LogP) is 1.97. The lowest BCUT2D eigenvalue weighted by atomic mass is 10.1. The van der Waals surface area contributed by atoms with Crippen molar-refractivity contribution in [2.75, 3.05) is 25.7 Å². The zero-order valence-corrected chi connectivity index (χ0v) is 12.7. The van der Waals surface area contributed by atoms with Gasteiger partial charge in [-0.05, 0) is 31.7 Å². The Kier molecular flexibility index (Phi) is 4.38. The van der Waals surface area contributed by atoms with E-state index < -0.39 is 9.84 Å². The number of ether oxygens (including phenoxy) is 1. The van der Waals surface area contributed by atoms with Gasteiger partial charge >= 0.3 is 0 Å². The second-order valence-electron chi connectivity index (χ2n) is 4.93. The summed E-state index contributed by atoms with van der Waals surface area (Å²) in [4.78, 5) is 2.05. The van der Waals surface area contributed by atoms with Gasteiger partial charge in [-0.25, -0.2) is 8.42 Å². The molecule has 0 N–H and O–H groups in total. The average Bonchev–Trinajstić information content (AvgIpc) is 2.70. The smallest absolute Gasteiger partial charge is 0.151 e. The van der Waals surface area contributed by atoms with Gasteiger partial charge in [0.1, 0.15) is 5.75 Å². The molecular formula is C13H18ClNO3S. The van der Waals surface area contributed by atoms with Crippen LogP contribution in [0.5, 0.6) is 5.75 Å². The minimum atomic E-state index is -2.86. The lowest BCUT2D eigenvalue weighted by Gasteiger charge is -2.24. The summed E-state index contributed by atoms with van der Waals surface area (Å²) >= 11 is 5.99. The fraction of sp³-hybridized carbons (Fsp3) is 0.538. The first kappa shape index (κ1) is 14.6. The molecule has 0 saturated carbocycles. The van der Waals surface area contributed by atoms with Crippen LogP contribution >= 0.6 is 11.6 Å². The first-order valence-corrected chi connectivity index (χ1v) is 8.34. The Morgan fingerprint density at radius 2 is 2.21 bits per heavy atom. The Morgan fingerprint density at radius 3 is 2.79 bits per heavy atom. The molecule has 6 heteroatoms. The zero-order chi connectivity index (χ0) is 14.0. The number of hydrogen-bond donors (Lipinski definition) is 0. The van der Waals surface area contributed by atoms with Gasteiger partial charge in [-0.2, -0.15) is 0 Å². The summed E-state index contributed by atoms with van der Waals surface area (Å²) in [6.45, 7) is 0.629. The molecule has 2 rings (SSSR count). The summed E-state index contributed by atoms with van der Waals surface area (Å²) in [6, 6.07) is 5.55. The second-order valence-corrected chi connectivity index (χ2v) is 7.59. The highest BCUT2D eigenvalue weighted by Crippen LogP contribution is 2.26. The van der Waals surface area contributed by atoms with E-state index in [2.05, 4.69) is 4.90 Å². The Labute approximate surface area is 119 Å². The standard InChI is InChI=1S/C13H18ClNO3S/c1-15(12-5-6-19(16,17)9-12)8-10-7-11(14)3-4-13(10)18-2/h3-4,7,12H,5-6,8-9H2,1-2H3/t12-/m1/s1. The van der Waals surface area contributed by atoms with E-state index in [1.54, 1.807) is 13.2 Å². The van der Waals surface area contributed by atoms with Crippen molar-refractivity contribution in [2.24, 2.45) is 0 Å². The van der Waals surface area contributed by atoms with E-state index in [9.17, 15) is 8.42 Å². The Hall–Kier alpha value is -0.780. The molecule has 0 aliphatic carbocycles. The van der Waals surface area contributed by atoms with Crippen molar-refractivity contribution in [1.82, 2.24) is 4.90 Å². The molecule has 1 aliphatic heterocycles. The van der Waals surface area contributed by atoms with Crippen molar-refractivity contribution in [2.45, 2.75) is 19.0 Å². The van der Waals surface area contributed by atoms with Gasteiger partial charge in [0.25, 0.3) is 0 Å². The van der Waals surface area contributed by atoms with E-state index in [1.165, 1.54) is 0 Å². The third kappa shape index (κ3) is 3.61. The highest BCUT2D eigenvalue weighted by Gasteiger charge is 2.30. The molecule has 106 valence electrons. The molecule has 0 radical (unpaired) electrons. The monoisotopic (exact) mass is 303 g/mol. The lowest BCUT2D eigenvalue weighted by molar-refractivity contribution is 0.250. The van der Waals surface area contributed by atoms with Crippen molar-refractivity contribution < 1.29 is 13.2 Å². The molecule has 0 bridgehead atoms. The highest BCUT2D eigenvalue weighted by molar-refractivity contribution is 7.91. The van der Waals surface area contributed by atoms with Gasteiger partial charge in [0.2, 0.25) is 0 Å². The molecule has 1 aliphatic rings. The number of methoxy groups -OCH3 is 1. The van der Waals surface area contributed by atoms with Gasteiger partial charge in [0.05, 0.1) is 18.6 Å². The fourth-order valence-electron chi connectivity index (χ4n) is 2.39. The van der Waals surface area contributed by atoms with Gasteiger partial charge in [-0.15, -0.1) is 0 Å². The molecule has 1 aromatic rings. The van der Waals surface area contributed by atoms with Crippen LogP contribution in [0.2, 0.25) is 5.02 Å². The Bertz CT molecular complexity index is 559. The van der Waals surface area contributed by atoms with Crippen LogP contribution in [0.3, 0.4) is 0 Å². The van der Waals surface area contributed by atoms with Crippen LogP contribution in [0.1, 0.15) is 12.0 Å². The molecule has 4 nitrogen and oxygen atoms in total. The molecule has 0 spiro atoms. The van der Waals surface area contributed by atoms with Gasteiger partial charge in [-0.3, -0.25) is 4.90 Å². The summed E-state index contributed by atoms with van der Waals surface area (Å²) in [6.07, 6.45) is 0.696. The van der Waals surface area contributed by atoms with Crippen LogP contribution in [0.25, 0.3) is 0 Å². The van der Waals surface area contributed by atoms with Crippen LogP contribution in [0.15, 0.2) is 18.2 Å². The van der Waals surface area contributed by atoms with E-state index >= 15 is 0 Å². The van der Waals surface area contributed by atoms with Gasteiger partial charge in [0, 0.05) is 23.2 Å². The number of nitrogens with zero attached hydrogens (tertiary/aromatic N) is 1. The van der Waals surface area contributed by atoms with E-state index in [0.29, 0.717) is 18.0 Å². The van der Waals surface area contributed by atoms with E-state index in [4.69, 9.17) is 16.3 Å². The second kappa shape index (κ2) is 5.69. The summed E-state index contributed by atoms with van der Waals surface area (Å²) in [7, 11) is 0.699. The number of hydrogen-bond acceptors (Lipinski definition) is 4. The fourth-order valence-corrected chi connectivity index (χ4v) is 4.39. The summed E-state index contributed by atoms with van der Waals surface area (Å²) < 4.78 is 28.3. The van der Waals surface area contributed by atoms with Crippen LogP contribution in [0, 0.1) is 0 Å². The Balaban J connectivity index is 2.11. The maximum absolute atomic E-state index is 11.5. The minimum absolute atomic E-state index is 0.0775. The van der Waals surface area contributed by atoms with Crippen LogP contribution in [0.4, 0.5) is 0 Å². The lowest BCUT2D eigenvalue weighted by Crippen LogP contribution is -2.32. The van der Waals surface area contributed by atoms with Crippen LogP contribution in [-0.4, -0.2) is 45.0 Å². The molecule has 0 amide bonds. The summed E-state index contributed by atoms with van der Waals surface area (Å²) in [5.41, 5.74) is 0.974. The van der Waals surface area contributed by atoms with Crippen molar-refractivity contribution in [3.05, 3.63) is 28.8 Å². The minimum Gasteiger partial charge on any atom is -0.496 e. The number of benzene rings is 1. The van der Waals surface area contributed by atoms with Crippen molar-refractivity contribution in [3.8, 4) is 5.75 Å². The molecule has 1 fully saturated rings. The van der Waals surface area contributed by atoms with Crippen molar-refractivity contribution in [3.63, 3.8) is 0 Å². The summed E-state index contributed by atoms with van der Waals surface area (Å²) in [5.74, 6) is 1.30. The number of sulfone groups is 1. The first-order valence-electron chi connectivity index (χ1n) is 6.14. The molecule has 0 aromatic heterocycles. The zero-order valence-electron chi connectivity index (χ0n) is 11.1. The van der Waals surface area contributed by atoms with Crippen LogP contribution in [-0.2, 0) is 16.4 Å². The van der Waals surface area contributed by atoms with Crippen molar-refractivity contribution >= 4 is 21.4 Å². The quantitative estimate of drug-likeness (QED) is 0.853. The number of rotatable bonds is 4. The SMILES string of the molecule is COc1ccc(Cl)cc1CN(C)[C@@H]1CCS(=O)(=O)C1. The highest BCUT2D eigenvalue weighted by atomic mass is 35.5. The van der Waals surface area contributed by atoms with Crippen LogP contribution < -0.4 is 4.74 Å². The van der Waals surface area contributed by atoms with E-state index in [-0.39, 0.29) is 17.5 Å². The van der Waals surface area contributed by atoms with Gasteiger partial charge < -0.3 is 4.74 Å². The predicted molar refractivity (Wildman–Crippen MR) is 76.5 cm³/mol. The molecule has 19 heavy (non-hydrogen) atoms. The summed E-state index contributed by atoms with van der Waals surface area (Å²) in [5, 5.41) is 0.656. The maximum Gasteiger partial charge on any atom is 0.151 e. The first-order chi connectivity index (χ1) is 8.91. The van der Waals surface area contributed by atoms with E-state index in [1.807, 2.05) is 19.2 Å². The molecule has 1 aromatic carbocycles.